The van der Waals surface area contributed by atoms with E-state index in [1.807, 2.05) is 12.1 Å². The molecule has 0 radical (unpaired) electrons. The molecule has 0 aliphatic heterocycles. The van der Waals surface area contributed by atoms with Gasteiger partial charge < -0.3 is 15.1 Å². The Hall–Kier alpha value is -1.26. The number of rotatable bonds is 4. The van der Waals surface area contributed by atoms with Crippen LogP contribution < -0.4 is 4.90 Å². The predicted octanol–water partition coefficient (Wildman–Crippen LogP) is 2.92. The number of carboxylic acids is 1. The Bertz CT molecular complexity index is 449. The van der Waals surface area contributed by atoms with Crippen LogP contribution in [0.2, 0.25) is 5.02 Å². The Balaban J connectivity index is 2.25. The van der Waals surface area contributed by atoms with Crippen LogP contribution in [0.3, 0.4) is 0 Å². The van der Waals surface area contributed by atoms with Gasteiger partial charge in [0.15, 0.2) is 0 Å². The van der Waals surface area contributed by atoms with Crippen LogP contribution in [0.25, 0.3) is 0 Å². The lowest BCUT2D eigenvalue weighted by molar-refractivity contribution is -0.135. The number of anilines is 1. The second-order valence-corrected chi connectivity index (χ2v) is 5.71. The fraction of sp³-hybridized carbons (Fsp3) is 0.533. The molecule has 1 aliphatic carbocycles. The second-order valence-electron chi connectivity index (χ2n) is 5.27. The number of nitrogens with zero attached hydrogens (tertiary/aromatic N) is 1. The standard InChI is InChI=1S/C15H20ClNO3/c16-11-6-8-12(9-7-11)17(10-15(19)20)13-4-2-1-3-5-14(13)18/h6-9,13-14,18H,1-5,10H2,(H,19,20). The van der Waals surface area contributed by atoms with Gasteiger partial charge in [0, 0.05) is 10.7 Å². The van der Waals surface area contributed by atoms with E-state index in [4.69, 9.17) is 16.7 Å². The van der Waals surface area contributed by atoms with Crippen molar-refractivity contribution in [1.82, 2.24) is 0 Å². The van der Waals surface area contributed by atoms with E-state index >= 15 is 0 Å². The second kappa shape index (κ2) is 6.95. The smallest absolute Gasteiger partial charge is 0.323 e. The van der Waals surface area contributed by atoms with E-state index < -0.39 is 12.1 Å². The number of carboxylic acid groups (broad SMARTS) is 1. The van der Waals surface area contributed by atoms with Crippen LogP contribution in [0.4, 0.5) is 5.69 Å². The van der Waals surface area contributed by atoms with Crippen LogP contribution in [0.1, 0.15) is 32.1 Å². The van der Waals surface area contributed by atoms with Crippen LogP contribution in [0.5, 0.6) is 0 Å². The highest BCUT2D eigenvalue weighted by Crippen LogP contribution is 2.27. The van der Waals surface area contributed by atoms with Gasteiger partial charge in [-0.2, -0.15) is 0 Å². The Morgan fingerprint density at radius 3 is 2.50 bits per heavy atom. The van der Waals surface area contributed by atoms with Gasteiger partial charge >= 0.3 is 5.97 Å². The quantitative estimate of drug-likeness (QED) is 0.839. The molecular formula is C15H20ClNO3. The van der Waals surface area contributed by atoms with E-state index in [1.165, 1.54) is 0 Å². The molecule has 0 aromatic heterocycles. The first-order valence-electron chi connectivity index (χ1n) is 7.00. The number of hydrogen-bond acceptors (Lipinski definition) is 3. The maximum atomic E-state index is 11.1. The zero-order chi connectivity index (χ0) is 14.5. The minimum atomic E-state index is -0.892. The fourth-order valence-electron chi connectivity index (χ4n) is 2.81. The monoisotopic (exact) mass is 297 g/mol. The molecule has 110 valence electrons. The van der Waals surface area contributed by atoms with E-state index in [9.17, 15) is 9.90 Å². The van der Waals surface area contributed by atoms with Crippen molar-refractivity contribution in [1.29, 1.82) is 0 Å². The summed E-state index contributed by atoms with van der Waals surface area (Å²) in [6, 6.07) is 6.96. The van der Waals surface area contributed by atoms with Crippen LogP contribution in [-0.4, -0.2) is 34.9 Å². The SMILES string of the molecule is O=C(O)CN(c1ccc(Cl)cc1)C1CCCCCC1O. The highest BCUT2D eigenvalue weighted by molar-refractivity contribution is 6.30. The minimum absolute atomic E-state index is 0.108. The van der Waals surface area contributed by atoms with Crippen LogP contribution in [0, 0.1) is 0 Å². The number of aliphatic carboxylic acids is 1. The number of hydrogen-bond donors (Lipinski definition) is 2. The van der Waals surface area contributed by atoms with Gasteiger partial charge in [-0.25, -0.2) is 0 Å². The molecule has 2 N–H and O–H groups in total. The summed E-state index contributed by atoms with van der Waals surface area (Å²) in [6.45, 7) is -0.108. The zero-order valence-electron chi connectivity index (χ0n) is 11.3. The molecule has 1 aromatic carbocycles. The van der Waals surface area contributed by atoms with E-state index in [2.05, 4.69) is 0 Å². The Morgan fingerprint density at radius 2 is 1.85 bits per heavy atom. The normalized spacial score (nSPS) is 23.1. The van der Waals surface area contributed by atoms with Crippen LogP contribution in [0.15, 0.2) is 24.3 Å². The zero-order valence-corrected chi connectivity index (χ0v) is 12.1. The maximum absolute atomic E-state index is 11.1. The van der Waals surface area contributed by atoms with Crippen molar-refractivity contribution in [2.75, 3.05) is 11.4 Å². The van der Waals surface area contributed by atoms with Crippen molar-refractivity contribution in [3.8, 4) is 0 Å². The van der Waals surface area contributed by atoms with Crippen LogP contribution in [-0.2, 0) is 4.79 Å². The third-order valence-electron chi connectivity index (χ3n) is 3.81. The van der Waals surface area contributed by atoms with Crippen molar-refractivity contribution in [3.05, 3.63) is 29.3 Å². The molecule has 2 unspecified atom stereocenters. The molecule has 2 atom stereocenters. The molecule has 5 heteroatoms. The van der Waals surface area contributed by atoms with Gasteiger partial charge in [-0.3, -0.25) is 4.79 Å². The molecule has 1 fully saturated rings. The molecule has 20 heavy (non-hydrogen) atoms. The molecule has 1 aromatic rings. The van der Waals surface area contributed by atoms with Gasteiger partial charge in [0.05, 0.1) is 12.1 Å². The highest BCUT2D eigenvalue weighted by Gasteiger charge is 2.29. The first-order chi connectivity index (χ1) is 9.58. The molecule has 1 aliphatic rings. The molecule has 1 saturated carbocycles. The van der Waals surface area contributed by atoms with Crippen molar-refractivity contribution < 1.29 is 15.0 Å². The third kappa shape index (κ3) is 3.87. The summed E-state index contributed by atoms with van der Waals surface area (Å²) in [5, 5.41) is 20.0. The van der Waals surface area contributed by atoms with Gasteiger partial charge in [-0.1, -0.05) is 30.9 Å². The maximum Gasteiger partial charge on any atom is 0.323 e. The van der Waals surface area contributed by atoms with Crippen LogP contribution >= 0.6 is 11.6 Å². The van der Waals surface area contributed by atoms with E-state index in [0.29, 0.717) is 5.02 Å². The van der Waals surface area contributed by atoms with Crippen molar-refractivity contribution in [2.45, 2.75) is 44.2 Å². The summed E-state index contributed by atoms with van der Waals surface area (Å²) in [5.74, 6) is -0.892. The lowest BCUT2D eigenvalue weighted by atomic mass is 10.0. The Labute approximate surface area is 124 Å². The summed E-state index contributed by atoms with van der Waals surface area (Å²) in [6.07, 6.45) is 4.18. The first kappa shape index (κ1) is 15.1. The molecule has 0 saturated heterocycles. The van der Waals surface area contributed by atoms with E-state index in [0.717, 1.165) is 37.8 Å². The lowest BCUT2D eigenvalue weighted by Gasteiger charge is -2.34. The average molecular weight is 298 g/mol. The van der Waals surface area contributed by atoms with Gasteiger partial charge in [0.25, 0.3) is 0 Å². The number of aliphatic hydroxyl groups excluding tert-OH is 1. The summed E-state index contributed by atoms with van der Waals surface area (Å²) >= 11 is 5.88. The molecule has 0 spiro atoms. The van der Waals surface area contributed by atoms with Gasteiger partial charge in [-0.15, -0.1) is 0 Å². The summed E-state index contributed by atoms with van der Waals surface area (Å²) < 4.78 is 0. The minimum Gasteiger partial charge on any atom is -0.480 e. The molecule has 0 bridgehead atoms. The summed E-state index contributed by atoms with van der Waals surface area (Å²) in [5.41, 5.74) is 0.794. The number of carbonyl (C=O) groups is 1. The fourth-order valence-corrected chi connectivity index (χ4v) is 2.94. The predicted molar refractivity (Wildman–Crippen MR) is 79.3 cm³/mol. The van der Waals surface area contributed by atoms with E-state index in [-0.39, 0.29) is 12.6 Å². The number of halogens is 1. The largest absolute Gasteiger partial charge is 0.480 e. The average Bonchev–Trinajstić information content (AvgIpc) is 2.62. The van der Waals surface area contributed by atoms with Crippen molar-refractivity contribution in [2.24, 2.45) is 0 Å². The topological polar surface area (TPSA) is 60.8 Å². The van der Waals surface area contributed by atoms with E-state index in [1.54, 1.807) is 17.0 Å². The lowest BCUT2D eigenvalue weighted by Crippen LogP contribution is -2.45. The van der Waals surface area contributed by atoms with Gasteiger partial charge in [0.1, 0.15) is 6.54 Å². The Morgan fingerprint density at radius 1 is 1.20 bits per heavy atom. The van der Waals surface area contributed by atoms with Gasteiger partial charge in [-0.05, 0) is 37.1 Å². The molecular weight excluding hydrogens is 278 g/mol. The number of aliphatic hydroxyl groups is 1. The summed E-state index contributed by atoms with van der Waals surface area (Å²) in [7, 11) is 0. The first-order valence-corrected chi connectivity index (χ1v) is 7.38. The van der Waals surface area contributed by atoms with Crippen molar-refractivity contribution >= 4 is 23.3 Å². The van der Waals surface area contributed by atoms with Gasteiger partial charge in [0.2, 0.25) is 0 Å². The highest BCUT2D eigenvalue weighted by atomic mass is 35.5. The molecule has 0 heterocycles. The molecule has 0 amide bonds. The third-order valence-corrected chi connectivity index (χ3v) is 4.06. The Kier molecular flexibility index (Phi) is 5.26. The summed E-state index contributed by atoms with van der Waals surface area (Å²) in [4.78, 5) is 12.9. The molecule has 4 nitrogen and oxygen atoms in total. The van der Waals surface area contributed by atoms with Crippen molar-refractivity contribution in [3.63, 3.8) is 0 Å². The number of benzene rings is 1. The molecule has 2 rings (SSSR count).